The van der Waals surface area contributed by atoms with Crippen LogP contribution in [0.25, 0.3) is 11.2 Å². The first-order valence-corrected chi connectivity index (χ1v) is 7.49. The molecule has 9 nitrogen and oxygen atoms in total. The Labute approximate surface area is 134 Å². The SMILES string of the molecule is Nc1nc2c(ncn2[C@@H]2O[C@H](CO)[C@H](O)C2(Br)Br)c(=O)[nH]1. The van der Waals surface area contributed by atoms with E-state index in [4.69, 9.17) is 10.5 Å². The third-order valence-electron chi connectivity index (χ3n) is 3.26. The summed E-state index contributed by atoms with van der Waals surface area (Å²) in [5.41, 5.74) is 5.39. The molecule has 1 fully saturated rings. The summed E-state index contributed by atoms with van der Waals surface area (Å²) >= 11 is 6.67. The molecule has 21 heavy (non-hydrogen) atoms. The molecule has 0 radical (unpaired) electrons. The smallest absolute Gasteiger partial charge is 0.280 e. The third kappa shape index (κ3) is 2.19. The molecule has 11 heteroatoms. The number of alkyl halides is 2. The van der Waals surface area contributed by atoms with Gasteiger partial charge in [0.2, 0.25) is 5.95 Å². The highest BCUT2D eigenvalue weighted by Gasteiger charge is 2.54. The number of ether oxygens (including phenoxy) is 1. The number of hydrogen-bond donors (Lipinski definition) is 4. The number of hydrogen-bond acceptors (Lipinski definition) is 7. The number of nitrogen functional groups attached to an aromatic ring is 1. The fourth-order valence-corrected chi connectivity index (χ4v) is 3.48. The van der Waals surface area contributed by atoms with Gasteiger partial charge in [-0.1, -0.05) is 31.9 Å². The molecule has 3 atom stereocenters. The molecule has 0 bridgehead atoms. The third-order valence-corrected chi connectivity index (χ3v) is 4.98. The number of fused-ring (bicyclic) bond motifs is 1. The maximum atomic E-state index is 11.8. The van der Waals surface area contributed by atoms with E-state index in [1.165, 1.54) is 10.9 Å². The van der Waals surface area contributed by atoms with Crippen molar-refractivity contribution in [1.82, 2.24) is 19.5 Å². The zero-order valence-corrected chi connectivity index (χ0v) is 13.6. The molecule has 0 aliphatic carbocycles. The van der Waals surface area contributed by atoms with Crippen LogP contribution in [0.1, 0.15) is 6.23 Å². The molecule has 2 aromatic rings. The van der Waals surface area contributed by atoms with Crippen molar-refractivity contribution in [3.8, 4) is 0 Å². The van der Waals surface area contributed by atoms with Gasteiger partial charge in [0, 0.05) is 0 Å². The van der Waals surface area contributed by atoms with E-state index in [0.29, 0.717) is 0 Å². The van der Waals surface area contributed by atoms with Gasteiger partial charge in [-0.05, 0) is 0 Å². The Morgan fingerprint density at radius 3 is 2.90 bits per heavy atom. The molecule has 1 saturated heterocycles. The normalized spacial score (nSPS) is 28.3. The summed E-state index contributed by atoms with van der Waals surface area (Å²) in [6.07, 6.45) is -1.25. The van der Waals surface area contributed by atoms with Crippen molar-refractivity contribution < 1.29 is 14.9 Å². The number of aliphatic hydroxyl groups is 2. The Bertz CT molecular complexity index is 745. The van der Waals surface area contributed by atoms with Crippen LogP contribution in [0.3, 0.4) is 0 Å². The average molecular weight is 425 g/mol. The van der Waals surface area contributed by atoms with Crippen molar-refractivity contribution >= 4 is 49.0 Å². The Balaban J connectivity index is 2.15. The molecule has 1 aliphatic rings. The quantitative estimate of drug-likeness (QED) is 0.473. The van der Waals surface area contributed by atoms with Crippen LogP contribution in [0.15, 0.2) is 11.1 Å². The van der Waals surface area contributed by atoms with Crippen molar-refractivity contribution in [2.45, 2.75) is 21.7 Å². The largest absolute Gasteiger partial charge is 0.394 e. The van der Waals surface area contributed by atoms with Crippen LogP contribution in [0.2, 0.25) is 0 Å². The minimum absolute atomic E-state index is 0.0544. The highest BCUT2D eigenvalue weighted by atomic mass is 79.9. The topological polar surface area (TPSA) is 139 Å². The second kappa shape index (κ2) is 5.02. The van der Waals surface area contributed by atoms with Crippen molar-refractivity contribution in [2.24, 2.45) is 0 Å². The summed E-state index contributed by atoms with van der Waals surface area (Å²) in [6, 6.07) is 0. The summed E-state index contributed by atoms with van der Waals surface area (Å²) < 4.78 is 6.00. The number of nitrogens with zero attached hydrogens (tertiary/aromatic N) is 3. The second-order valence-corrected chi connectivity index (χ2v) is 8.29. The van der Waals surface area contributed by atoms with Gasteiger partial charge in [0.25, 0.3) is 5.56 Å². The highest BCUT2D eigenvalue weighted by Crippen LogP contribution is 2.49. The lowest BCUT2D eigenvalue weighted by Crippen LogP contribution is -2.36. The fraction of sp³-hybridized carbons (Fsp3) is 0.500. The molecular formula is C10H11Br2N5O4. The number of rotatable bonds is 2. The van der Waals surface area contributed by atoms with Crippen molar-refractivity contribution in [2.75, 3.05) is 12.3 Å². The van der Waals surface area contributed by atoms with Gasteiger partial charge in [-0.2, -0.15) is 4.98 Å². The first-order valence-electron chi connectivity index (χ1n) is 5.90. The predicted molar refractivity (Wildman–Crippen MR) is 80.1 cm³/mol. The molecular weight excluding hydrogens is 414 g/mol. The number of halogens is 2. The molecule has 0 amide bonds. The van der Waals surface area contributed by atoms with E-state index in [2.05, 4.69) is 46.8 Å². The number of imidazole rings is 1. The standard InChI is InChI=1S/C10H11Br2N5O4/c11-10(12)5(19)3(1-18)21-8(10)17-2-14-4-6(17)15-9(13)16-7(4)20/h2-3,5,8,18-19H,1H2,(H3,13,15,16,20)/t3-,5+,8-/m1/s1. The Morgan fingerprint density at radius 2 is 2.29 bits per heavy atom. The van der Waals surface area contributed by atoms with Crippen molar-refractivity contribution in [3.63, 3.8) is 0 Å². The molecule has 5 N–H and O–H groups in total. The van der Waals surface area contributed by atoms with Gasteiger partial charge in [0.05, 0.1) is 12.9 Å². The maximum absolute atomic E-state index is 11.8. The highest BCUT2D eigenvalue weighted by molar-refractivity contribution is 9.25. The second-order valence-electron chi connectivity index (χ2n) is 4.60. The fourth-order valence-electron chi connectivity index (χ4n) is 2.23. The van der Waals surface area contributed by atoms with Crippen LogP contribution in [-0.2, 0) is 4.74 Å². The van der Waals surface area contributed by atoms with Crippen LogP contribution in [-0.4, -0.2) is 51.8 Å². The minimum atomic E-state index is -1.07. The maximum Gasteiger partial charge on any atom is 0.280 e. The van der Waals surface area contributed by atoms with E-state index in [1.807, 2.05) is 0 Å². The summed E-state index contributed by atoms with van der Waals surface area (Å²) in [5.74, 6) is -0.0544. The molecule has 0 saturated carbocycles. The van der Waals surface area contributed by atoms with Gasteiger partial charge in [-0.15, -0.1) is 0 Å². The van der Waals surface area contributed by atoms with Crippen LogP contribution in [0, 0.1) is 0 Å². The molecule has 0 spiro atoms. The molecule has 3 heterocycles. The number of nitrogens with one attached hydrogen (secondary N) is 1. The summed E-state index contributed by atoms with van der Waals surface area (Å²) in [4.78, 5) is 22.1. The van der Waals surface area contributed by atoms with Gasteiger partial charge in [0.1, 0.15) is 12.2 Å². The van der Waals surface area contributed by atoms with Crippen LogP contribution in [0.5, 0.6) is 0 Å². The number of aliphatic hydroxyl groups excluding tert-OH is 2. The van der Waals surface area contributed by atoms with Gasteiger partial charge in [-0.3, -0.25) is 14.3 Å². The van der Waals surface area contributed by atoms with Crippen LogP contribution in [0.4, 0.5) is 5.95 Å². The van der Waals surface area contributed by atoms with E-state index >= 15 is 0 Å². The summed E-state index contributed by atoms with van der Waals surface area (Å²) in [6.45, 7) is -0.362. The molecule has 2 aromatic heterocycles. The Kier molecular flexibility index (Phi) is 3.56. The minimum Gasteiger partial charge on any atom is -0.394 e. The molecule has 3 rings (SSSR count). The zero-order valence-electron chi connectivity index (χ0n) is 10.4. The van der Waals surface area contributed by atoms with E-state index < -0.39 is 27.2 Å². The van der Waals surface area contributed by atoms with E-state index in [-0.39, 0.29) is 23.7 Å². The summed E-state index contributed by atoms with van der Waals surface area (Å²) in [7, 11) is 0. The monoisotopic (exact) mass is 423 g/mol. The predicted octanol–water partition coefficient (Wildman–Crippen LogP) is -0.562. The van der Waals surface area contributed by atoms with Gasteiger partial charge in [-0.25, -0.2) is 4.98 Å². The first-order chi connectivity index (χ1) is 9.86. The first kappa shape index (κ1) is 14.9. The lowest BCUT2D eigenvalue weighted by atomic mass is 10.2. The van der Waals surface area contributed by atoms with Crippen molar-refractivity contribution in [1.29, 1.82) is 0 Å². The van der Waals surface area contributed by atoms with E-state index in [1.54, 1.807) is 0 Å². The van der Waals surface area contributed by atoms with Gasteiger partial charge >= 0.3 is 0 Å². The van der Waals surface area contributed by atoms with Gasteiger partial charge < -0.3 is 20.7 Å². The summed E-state index contributed by atoms with van der Waals surface area (Å²) in [5, 5.41) is 19.4. The molecule has 0 aromatic carbocycles. The number of aromatic amines is 1. The van der Waals surface area contributed by atoms with Gasteiger partial charge in [0.15, 0.2) is 20.6 Å². The molecule has 114 valence electrons. The lowest BCUT2D eigenvalue weighted by Gasteiger charge is -2.24. The molecule has 0 unspecified atom stereocenters. The molecule has 1 aliphatic heterocycles. The number of nitrogens with two attached hydrogens (primary N) is 1. The van der Waals surface area contributed by atoms with E-state index in [0.717, 1.165) is 0 Å². The average Bonchev–Trinajstić information content (AvgIpc) is 2.91. The van der Waals surface area contributed by atoms with E-state index in [9.17, 15) is 15.0 Å². The number of anilines is 1. The zero-order chi connectivity index (χ0) is 15.4. The number of H-pyrrole nitrogens is 1. The number of aromatic nitrogens is 4. The lowest BCUT2D eigenvalue weighted by molar-refractivity contribution is -0.0432. The Hall–Kier alpha value is -1.01. The van der Waals surface area contributed by atoms with Crippen LogP contribution < -0.4 is 11.3 Å². The van der Waals surface area contributed by atoms with Crippen molar-refractivity contribution in [3.05, 3.63) is 16.7 Å². The Morgan fingerprint density at radius 1 is 1.57 bits per heavy atom. The van der Waals surface area contributed by atoms with Crippen LogP contribution >= 0.6 is 31.9 Å².